The molecular weight excluding hydrogens is 396 g/mol. The van der Waals surface area contributed by atoms with Crippen LogP contribution in [0.1, 0.15) is 25.7 Å². The van der Waals surface area contributed by atoms with E-state index in [4.69, 9.17) is 31.1 Å². The number of benzene rings is 2. The van der Waals surface area contributed by atoms with E-state index in [9.17, 15) is 0 Å². The first-order valence-corrected chi connectivity index (χ1v) is 10.5. The highest BCUT2D eigenvalue weighted by atomic mass is 35.5. The Hall–Kier alpha value is -2.07. The van der Waals surface area contributed by atoms with Crippen LogP contribution in [0, 0.1) is 11.3 Å². The monoisotopic (exact) mass is 416 g/mol. The zero-order valence-electron chi connectivity index (χ0n) is 15.6. The van der Waals surface area contributed by atoms with Gasteiger partial charge in [-0.1, -0.05) is 23.4 Å². The Morgan fingerprint density at radius 2 is 2.07 bits per heavy atom. The van der Waals surface area contributed by atoms with E-state index in [-0.39, 0.29) is 6.29 Å². The van der Waals surface area contributed by atoms with Crippen molar-refractivity contribution in [2.45, 2.75) is 41.8 Å². The number of nitriles is 1. The minimum absolute atomic E-state index is 0.241. The molecule has 1 unspecified atom stereocenters. The van der Waals surface area contributed by atoms with E-state index in [2.05, 4.69) is 11.0 Å². The minimum atomic E-state index is -0.241. The predicted molar refractivity (Wildman–Crippen MR) is 110 cm³/mol. The molecule has 0 aliphatic carbocycles. The van der Waals surface area contributed by atoms with Gasteiger partial charge in [0.25, 0.3) is 0 Å². The van der Waals surface area contributed by atoms with Crippen LogP contribution in [-0.2, 0) is 4.74 Å². The lowest BCUT2D eigenvalue weighted by atomic mass is 10.2. The lowest BCUT2D eigenvalue weighted by molar-refractivity contribution is -0.106. The number of halogens is 1. The fourth-order valence-electron chi connectivity index (χ4n) is 3.46. The molecule has 0 amide bonds. The summed E-state index contributed by atoms with van der Waals surface area (Å²) < 4.78 is 17.4. The lowest BCUT2D eigenvalue weighted by Gasteiger charge is -2.33. The maximum Gasteiger partial charge on any atom is 0.200 e. The van der Waals surface area contributed by atoms with Gasteiger partial charge in [0.2, 0.25) is 0 Å². The van der Waals surface area contributed by atoms with Crippen molar-refractivity contribution in [1.82, 2.24) is 0 Å². The standard InChI is InChI=1S/C21H21ClN2O3S/c1-25-17-12-16-20(13-18(17)27-21-5-2-3-10-26-21)28-19-7-6-14(22)11-15(19)24(16)9-4-8-23/h6-7,11-13,21H,2-5,9-10H2,1H3. The maximum atomic E-state index is 9.11. The minimum Gasteiger partial charge on any atom is -0.493 e. The van der Waals surface area contributed by atoms with Crippen molar-refractivity contribution in [3.8, 4) is 17.6 Å². The molecule has 0 radical (unpaired) electrons. The van der Waals surface area contributed by atoms with Gasteiger partial charge in [-0.15, -0.1) is 0 Å². The molecular formula is C21H21ClN2O3S. The molecule has 1 fully saturated rings. The molecule has 0 aromatic heterocycles. The van der Waals surface area contributed by atoms with Crippen LogP contribution < -0.4 is 14.4 Å². The highest BCUT2D eigenvalue weighted by Gasteiger charge is 2.27. The molecule has 0 spiro atoms. The molecule has 146 valence electrons. The van der Waals surface area contributed by atoms with E-state index >= 15 is 0 Å². The second-order valence-corrected chi connectivity index (χ2v) is 8.18. The predicted octanol–water partition coefficient (Wildman–Crippen LogP) is 5.77. The summed E-state index contributed by atoms with van der Waals surface area (Å²) in [6, 6.07) is 12.1. The molecule has 4 rings (SSSR count). The van der Waals surface area contributed by atoms with E-state index in [0.29, 0.717) is 29.5 Å². The molecule has 28 heavy (non-hydrogen) atoms. The maximum absolute atomic E-state index is 9.11. The third kappa shape index (κ3) is 3.88. The summed E-state index contributed by atoms with van der Waals surface area (Å²) in [4.78, 5) is 4.28. The van der Waals surface area contributed by atoms with Gasteiger partial charge in [0.1, 0.15) is 0 Å². The Balaban J connectivity index is 1.72. The molecule has 1 atom stereocenters. The van der Waals surface area contributed by atoms with Gasteiger partial charge in [-0.3, -0.25) is 0 Å². The van der Waals surface area contributed by atoms with Gasteiger partial charge < -0.3 is 19.1 Å². The first-order valence-electron chi connectivity index (χ1n) is 9.32. The average Bonchev–Trinajstić information content (AvgIpc) is 2.72. The van der Waals surface area contributed by atoms with Crippen molar-refractivity contribution in [3.05, 3.63) is 35.4 Å². The van der Waals surface area contributed by atoms with Gasteiger partial charge in [0.05, 0.1) is 37.6 Å². The van der Waals surface area contributed by atoms with Crippen molar-refractivity contribution in [2.24, 2.45) is 0 Å². The topological polar surface area (TPSA) is 54.7 Å². The molecule has 2 aromatic carbocycles. The zero-order chi connectivity index (χ0) is 19.5. The van der Waals surface area contributed by atoms with E-state index in [0.717, 1.165) is 47.0 Å². The normalized spacial score (nSPS) is 18.0. The summed E-state index contributed by atoms with van der Waals surface area (Å²) in [5, 5.41) is 9.78. The number of rotatable bonds is 5. The fourth-order valence-corrected chi connectivity index (χ4v) is 4.71. The van der Waals surface area contributed by atoms with E-state index in [1.807, 2.05) is 30.3 Å². The van der Waals surface area contributed by atoms with Crippen LogP contribution in [0.3, 0.4) is 0 Å². The average molecular weight is 417 g/mol. The molecule has 2 aromatic rings. The summed E-state index contributed by atoms with van der Waals surface area (Å²) in [5.41, 5.74) is 2.00. The van der Waals surface area contributed by atoms with Gasteiger partial charge in [0, 0.05) is 39.9 Å². The Morgan fingerprint density at radius 1 is 1.21 bits per heavy atom. The van der Waals surface area contributed by atoms with Crippen molar-refractivity contribution in [2.75, 3.05) is 25.2 Å². The highest BCUT2D eigenvalue weighted by Crippen LogP contribution is 2.52. The van der Waals surface area contributed by atoms with Gasteiger partial charge in [-0.2, -0.15) is 5.26 Å². The first-order chi connectivity index (χ1) is 13.7. The van der Waals surface area contributed by atoms with Crippen LogP contribution in [0.2, 0.25) is 5.02 Å². The van der Waals surface area contributed by atoms with Gasteiger partial charge >= 0.3 is 0 Å². The number of anilines is 2. The summed E-state index contributed by atoms with van der Waals surface area (Å²) in [6.45, 7) is 1.30. The molecule has 5 nitrogen and oxygen atoms in total. The van der Waals surface area contributed by atoms with E-state index < -0.39 is 0 Å². The van der Waals surface area contributed by atoms with Crippen LogP contribution in [0.25, 0.3) is 0 Å². The Labute approximate surface area is 174 Å². The summed E-state index contributed by atoms with van der Waals surface area (Å²) >= 11 is 7.90. The lowest BCUT2D eigenvalue weighted by Crippen LogP contribution is -2.25. The molecule has 0 saturated carbocycles. The first kappa shape index (κ1) is 19.3. The third-order valence-electron chi connectivity index (χ3n) is 4.81. The van der Waals surface area contributed by atoms with Crippen LogP contribution in [0.5, 0.6) is 11.5 Å². The number of hydrogen-bond acceptors (Lipinski definition) is 6. The number of methoxy groups -OCH3 is 1. The molecule has 0 N–H and O–H groups in total. The second kappa shape index (κ2) is 8.52. The molecule has 2 aliphatic heterocycles. The second-order valence-electron chi connectivity index (χ2n) is 6.66. The van der Waals surface area contributed by atoms with E-state index in [1.54, 1.807) is 18.9 Å². The van der Waals surface area contributed by atoms with Crippen molar-refractivity contribution in [1.29, 1.82) is 5.26 Å². The summed E-state index contributed by atoms with van der Waals surface area (Å²) in [6.07, 6.45) is 3.22. The Bertz CT molecular complexity index is 909. The fraction of sp³-hybridized carbons (Fsp3) is 0.381. The molecule has 7 heteroatoms. The molecule has 2 aliphatic rings. The highest BCUT2D eigenvalue weighted by molar-refractivity contribution is 7.99. The number of ether oxygens (including phenoxy) is 3. The van der Waals surface area contributed by atoms with Crippen LogP contribution >= 0.6 is 23.4 Å². The molecule has 1 saturated heterocycles. The van der Waals surface area contributed by atoms with Crippen LogP contribution in [0.4, 0.5) is 11.4 Å². The summed E-state index contributed by atoms with van der Waals surface area (Å²) in [7, 11) is 1.64. The van der Waals surface area contributed by atoms with Crippen LogP contribution in [-0.4, -0.2) is 26.6 Å². The van der Waals surface area contributed by atoms with Gasteiger partial charge in [0.15, 0.2) is 17.8 Å². The number of nitrogens with zero attached hydrogens (tertiary/aromatic N) is 2. The summed E-state index contributed by atoms with van der Waals surface area (Å²) in [5.74, 6) is 1.33. The molecule has 0 bridgehead atoms. The number of fused-ring (bicyclic) bond motifs is 2. The van der Waals surface area contributed by atoms with Gasteiger partial charge in [-0.25, -0.2) is 0 Å². The van der Waals surface area contributed by atoms with Crippen molar-refractivity contribution < 1.29 is 14.2 Å². The number of hydrogen-bond donors (Lipinski definition) is 0. The Kier molecular flexibility index (Phi) is 5.86. The Morgan fingerprint density at radius 3 is 2.82 bits per heavy atom. The van der Waals surface area contributed by atoms with Crippen molar-refractivity contribution in [3.63, 3.8) is 0 Å². The largest absolute Gasteiger partial charge is 0.493 e. The quantitative estimate of drug-likeness (QED) is 0.616. The van der Waals surface area contributed by atoms with Gasteiger partial charge in [-0.05, 0) is 31.0 Å². The SMILES string of the molecule is COc1cc2c(cc1OC1CCCCO1)Sc1ccc(Cl)cc1N2CCC#N. The van der Waals surface area contributed by atoms with Crippen LogP contribution in [0.15, 0.2) is 40.1 Å². The zero-order valence-corrected chi connectivity index (χ0v) is 17.2. The van der Waals surface area contributed by atoms with Crippen molar-refractivity contribution >= 4 is 34.7 Å². The smallest absolute Gasteiger partial charge is 0.200 e. The van der Waals surface area contributed by atoms with E-state index in [1.165, 1.54) is 0 Å². The molecule has 2 heterocycles. The third-order valence-corrected chi connectivity index (χ3v) is 6.16.